The van der Waals surface area contributed by atoms with Crippen molar-refractivity contribution in [3.63, 3.8) is 0 Å². The van der Waals surface area contributed by atoms with E-state index in [0.29, 0.717) is 5.75 Å². The Morgan fingerprint density at radius 1 is 1.28 bits per heavy atom. The van der Waals surface area contributed by atoms with Crippen molar-refractivity contribution in [2.24, 2.45) is 5.16 Å². The van der Waals surface area contributed by atoms with Crippen LogP contribution in [0.1, 0.15) is 5.56 Å². The highest BCUT2D eigenvalue weighted by molar-refractivity contribution is 6.18. The maximum atomic E-state index is 11.2. The number of hydrogen-bond donors (Lipinski definition) is 2. The highest BCUT2D eigenvalue weighted by Gasteiger charge is 2.15. The second kappa shape index (κ2) is 4.75. The molecule has 5 heteroatoms. The second-order valence-corrected chi connectivity index (χ2v) is 3.78. The molecule has 18 heavy (non-hydrogen) atoms. The third-order valence-electron chi connectivity index (χ3n) is 2.43. The summed E-state index contributed by atoms with van der Waals surface area (Å²) < 4.78 is 5.48. The largest absolute Gasteiger partial charge is 0.508 e. The number of ketones is 1. The molecule has 1 aromatic rings. The van der Waals surface area contributed by atoms with Gasteiger partial charge in [-0.05, 0) is 30.7 Å². The number of allylic oxidation sites excluding steroid dienone is 3. The molecule has 0 amide bonds. The number of rotatable bonds is 2. The molecule has 0 aliphatic heterocycles. The minimum Gasteiger partial charge on any atom is -0.508 e. The van der Waals surface area contributed by atoms with Crippen LogP contribution in [-0.2, 0) is 4.79 Å². The molecule has 0 radical (unpaired) electrons. The fourth-order valence-electron chi connectivity index (χ4n) is 1.48. The van der Waals surface area contributed by atoms with E-state index in [1.807, 2.05) is 0 Å². The van der Waals surface area contributed by atoms with Crippen LogP contribution in [0.3, 0.4) is 0 Å². The van der Waals surface area contributed by atoms with Crippen LogP contribution in [0.25, 0.3) is 0 Å². The highest BCUT2D eigenvalue weighted by Crippen LogP contribution is 2.26. The lowest BCUT2D eigenvalue weighted by Gasteiger charge is -2.13. The zero-order chi connectivity index (χ0) is 13.1. The van der Waals surface area contributed by atoms with Crippen molar-refractivity contribution >= 4 is 11.5 Å². The number of oxime groups is 1. The lowest BCUT2D eigenvalue weighted by Crippen LogP contribution is -2.13. The van der Waals surface area contributed by atoms with Gasteiger partial charge in [0.15, 0.2) is 11.5 Å². The molecule has 0 spiro atoms. The topological polar surface area (TPSA) is 79.1 Å². The third-order valence-corrected chi connectivity index (χ3v) is 2.43. The zero-order valence-electron chi connectivity index (χ0n) is 9.62. The quantitative estimate of drug-likeness (QED) is 0.474. The van der Waals surface area contributed by atoms with Gasteiger partial charge in [0.25, 0.3) is 0 Å². The molecule has 0 saturated carbocycles. The summed E-state index contributed by atoms with van der Waals surface area (Å²) in [5, 5.41) is 21.2. The van der Waals surface area contributed by atoms with E-state index in [1.54, 1.807) is 13.0 Å². The summed E-state index contributed by atoms with van der Waals surface area (Å²) in [5.41, 5.74) is 0.935. The van der Waals surface area contributed by atoms with Gasteiger partial charge in [-0.1, -0.05) is 11.2 Å². The number of benzene rings is 1. The average molecular weight is 245 g/mol. The fraction of sp³-hybridized carbons (Fsp3) is 0.0769. The molecular weight excluding hydrogens is 234 g/mol. The summed E-state index contributed by atoms with van der Waals surface area (Å²) in [6.07, 6.45) is 3.85. The maximum absolute atomic E-state index is 11.2. The number of aromatic hydroxyl groups is 1. The Morgan fingerprint density at radius 2 is 2.06 bits per heavy atom. The molecule has 0 bridgehead atoms. The van der Waals surface area contributed by atoms with Crippen LogP contribution in [-0.4, -0.2) is 21.8 Å². The summed E-state index contributed by atoms with van der Waals surface area (Å²) in [4.78, 5) is 11.2. The minimum atomic E-state index is -0.254. The molecule has 1 aromatic carbocycles. The molecule has 0 saturated heterocycles. The van der Waals surface area contributed by atoms with Crippen molar-refractivity contribution < 1.29 is 19.8 Å². The van der Waals surface area contributed by atoms with Gasteiger partial charge in [0.2, 0.25) is 0 Å². The number of carbonyl (C=O) groups is 1. The first-order chi connectivity index (χ1) is 8.60. The summed E-state index contributed by atoms with van der Waals surface area (Å²) >= 11 is 0. The Kier molecular flexibility index (Phi) is 3.14. The van der Waals surface area contributed by atoms with Crippen molar-refractivity contribution in [3.8, 4) is 11.5 Å². The lowest BCUT2D eigenvalue weighted by atomic mass is 10.1. The fourth-order valence-corrected chi connectivity index (χ4v) is 1.48. The number of phenols is 1. The second-order valence-electron chi connectivity index (χ2n) is 3.78. The average Bonchev–Trinajstić information content (AvgIpc) is 2.34. The summed E-state index contributed by atoms with van der Waals surface area (Å²) in [6, 6.07) is 4.64. The Morgan fingerprint density at radius 3 is 2.78 bits per heavy atom. The van der Waals surface area contributed by atoms with Crippen molar-refractivity contribution in [1.29, 1.82) is 0 Å². The van der Waals surface area contributed by atoms with Crippen LogP contribution in [0.2, 0.25) is 0 Å². The van der Waals surface area contributed by atoms with Gasteiger partial charge in [-0.25, -0.2) is 0 Å². The predicted molar refractivity (Wildman–Crippen MR) is 64.9 cm³/mol. The van der Waals surface area contributed by atoms with Gasteiger partial charge in [-0.15, -0.1) is 0 Å². The lowest BCUT2D eigenvalue weighted by molar-refractivity contribution is -0.110. The number of carbonyl (C=O) groups excluding carboxylic acids is 1. The Hall–Kier alpha value is -2.56. The van der Waals surface area contributed by atoms with Crippen molar-refractivity contribution in [2.45, 2.75) is 6.92 Å². The predicted octanol–water partition coefficient (Wildman–Crippen LogP) is 1.93. The van der Waals surface area contributed by atoms with E-state index in [1.165, 1.54) is 30.4 Å². The Balaban J connectivity index is 2.33. The molecule has 0 fully saturated rings. The SMILES string of the molecule is Cc1ccc(O)cc1OC1=CC(=O)C=C/C1=N\O. The van der Waals surface area contributed by atoms with Gasteiger partial charge in [-0.2, -0.15) is 0 Å². The smallest absolute Gasteiger partial charge is 0.182 e. The Bertz CT molecular complexity index is 585. The van der Waals surface area contributed by atoms with Crippen LogP contribution >= 0.6 is 0 Å². The van der Waals surface area contributed by atoms with Crippen LogP contribution < -0.4 is 4.74 Å². The first kappa shape index (κ1) is 11.9. The van der Waals surface area contributed by atoms with E-state index in [4.69, 9.17) is 9.94 Å². The van der Waals surface area contributed by atoms with Gasteiger partial charge in [0.05, 0.1) is 0 Å². The number of phenolic OH excluding ortho intramolecular Hbond substituents is 1. The van der Waals surface area contributed by atoms with Crippen molar-refractivity contribution in [2.75, 3.05) is 0 Å². The standard InChI is InChI=1S/C13H11NO4/c1-8-2-3-9(15)6-12(8)18-13-7-10(16)4-5-11(13)14-17/h2-7,15,17H,1H3/b14-11+. The first-order valence-electron chi connectivity index (χ1n) is 5.24. The van der Waals surface area contributed by atoms with E-state index in [0.717, 1.165) is 5.56 Å². The molecule has 0 heterocycles. The number of nitrogens with zero attached hydrogens (tertiary/aromatic N) is 1. The number of ether oxygens (including phenoxy) is 1. The van der Waals surface area contributed by atoms with E-state index in [2.05, 4.69) is 5.16 Å². The molecule has 1 aliphatic carbocycles. The molecule has 0 unspecified atom stereocenters. The van der Waals surface area contributed by atoms with E-state index in [-0.39, 0.29) is 23.0 Å². The molecule has 0 atom stereocenters. The van der Waals surface area contributed by atoms with Gasteiger partial charge in [0.1, 0.15) is 17.2 Å². The molecule has 5 nitrogen and oxygen atoms in total. The zero-order valence-corrected chi connectivity index (χ0v) is 9.62. The molecule has 92 valence electrons. The van der Waals surface area contributed by atoms with E-state index >= 15 is 0 Å². The van der Waals surface area contributed by atoms with Gasteiger partial charge < -0.3 is 15.1 Å². The first-order valence-corrected chi connectivity index (χ1v) is 5.24. The molecule has 2 rings (SSSR count). The summed E-state index contributed by atoms with van der Waals surface area (Å²) in [5.74, 6) is 0.329. The summed E-state index contributed by atoms with van der Waals surface area (Å²) in [6.45, 7) is 1.80. The molecule has 2 N–H and O–H groups in total. The molecular formula is C13H11NO4. The number of aryl methyl sites for hydroxylation is 1. The van der Waals surface area contributed by atoms with E-state index in [9.17, 15) is 9.90 Å². The number of hydrogen-bond acceptors (Lipinski definition) is 5. The monoisotopic (exact) mass is 245 g/mol. The van der Waals surface area contributed by atoms with Gasteiger partial charge in [-0.3, -0.25) is 4.79 Å². The minimum absolute atomic E-state index is 0.0522. The Labute approximate surface area is 103 Å². The van der Waals surface area contributed by atoms with Gasteiger partial charge in [0, 0.05) is 12.1 Å². The van der Waals surface area contributed by atoms with E-state index < -0.39 is 0 Å². The molecule has 0 aromatic heterocycles. The van der Waals surface area contributed by atoms with Crippen molar-refractivity contribution in [3.05, 3.63) is 47.7 Å². The van der Waals surface area contributed by atoms with Crippen LogP contribution in [0, 0.1) is 6.92 Å². The van der Waals surface area contributed by atoms with Crippen LogP contribution in [0.4, 0.5) is 0 Å². The van der Waals surface area contributed by atoms with Gasteiger partial charge >= 0.3 is 0 Å². The van der Waals surface area contributed by atoms with Crippen LogP contribution in [0.15, 0.2) is 47.3 Å². The third kappa shape index (κ3) is 2.40. The van der Waals surface area contributed by atoms with Crippen molar-refractivity contribution in [1.82, 2.24) is 0 Å². The summed E-state index contributed by atoms with van der Waals surface area (Å²) in [7, 11) is 0. The van der Waals surface area contributed by atoms with Crippen LogP contribution in [0.5, 0.6) is 11.5 Å². The normalized spacial score (nSPS) is 16.8. The highest BCUT2D eigenvalue weighted by atomic mass is 16.5. The molecule has 1 aliphatic rings. The maximum Gasteiger partial charge on any atom is 0.182 e.